The summed E-state index contributed by atoms with van der Waals surface area (Å²) in [6.45, 7) is 4.79. The molecule has 1 heterocycles. The van der Waals surface area contributed by atoms with Crippen LogP contribution in [0, 0.1) is 0 Å². The zero-order valence-electron chi connectivity index (χ0n) is 27.9. The number of rotatable bonds is 2. The summed E-state index contributed by atoms with van der Waals surface area (Å²) >= 11 is 1.90. The van der Waals surface area contributed by atoms with E-state index >= 15 is 0 Å². The molecule has 0 N–H and O–H groups in total. The third-order valence-electron chi connectivity index (χ3n) is 11.4. The smallest absolute Gasteiger partial charge is 0.0361 e. The summed E-state index contributed by atoms with van der Waals surface area (Å²) in [7, 11) is 0. The van der Waals surface area contributed by atoms with E-state index in [1.54, 1.807) is 0 Å². The second-order valence-electron chi connectivity index (χ2n) is 14.5. The van der Waals surface area contributed by atoms with Gasteiger partial charge in [-0.2, -0.15) is 0 Å². The van der Waals surface area contributed by atoms with Gasteiger partial charge in [-0.15, -0.1) is 11.3 Å². The Balaban J connectivity index is 1.15. The molecular formula is C49H32S. The van der Waals surface area contributed by atoms with Crippen molar-refractivity contribution in [2.45, 2.75) is 19.3 Å². The molecule has 9 aromatic carbocycles. The molecule has 10 aromatic rings. The van der Waals surface area contributed by atoms with Gasteiger partial charge in [0.15, 0.2) is 0 Å². The van der Waals surface area contributed by atoms with Crippen molar-refractivity contribution in [2.75, 3.05) is 0 Å². The Hall–Kier alpha value is -5.76. The molecule has 0 spiro atoms. The summed E-state index contributed by atoms with van der Waals surface area (Å²) < 4.78 is 2.71. The van der Waals surface area contributed by atoms with Crippen molar-refractivity contribution in [1.29, 1.82) is 0 Å². The quantitative estimate of drug-likeness (QED) is 0.163. The number of thiophene rings is 1. The largest absolute Gasteiger partial charge is 0.135 e. The molecule has 0 radical (unpaired) electrons. The predicted octanol–water partition coefficient (Wildman–Crippen LogP) is 14.3. The second kappa shape index (κ2) is 10.1. The van der Waals surface area contributed by atoms with Gasteiger partial charge in [0.25, 0.3) is 0 Å². The minimum absolute atomic E-state index is 0.0901. The van der Waals surface area contributed by atoms with Crippen molar-refractivity contribution in [3.05, 3.63) is 169 Å². The van der Waals surface area contributed by atoms with Crippen LogP contribution in [-0.2, 0) is 5.41 Å². The van der Waals surface area contributed by atoms with Crippen LogP contribution in [0.4, 0.5) is 0 Å². The van der Waals surface area contributed by atoms with Gasteiger partial charge in [-0.25, -0.2) is 0 Å². The highest BCUT2D eigenvalue weighted by Gasteiger charge is 2.36. The fraction of sp³-hybridized carbons (Fsp3) is 0.0612. The Bertz CT molecular complexity index is 3010. The van der Waals surface area contributed by atoms with E-state index in [0.29, 0.717) is 0 Å². The zero-order chi connectivity index (χ0) is 33.1. The van der Waals surface area contributed by atoms with E-state index in [1.807, 2.05) is 11.3 Å². The Morgan fingerprint density at radius 2 is 0.920 bits per heavy atom. The van der Waals surface area contributed by atoms with E-state index in [-0.39, 0.29) is 5.41 Å². The van der Waals surface area contributed by atoms with Gasteiger partial charge in [0.1, 0.15) is 0 Å². The Morgan fingerprint density at radius 1 is 0.360 bits per heavy atom. The van der Waals surface area contributed by atoms with Gasteiger partial charge in [-0.05, 0) is 130 Å². The molecule has 1 aromatic heterocycles. The Labute approximate surface area is 294 Å². The van der Waals surface area contributed by atoms with Crippen LogP contribution in [0.2, 0.25) is 0 Å². The van der Waals surface area contributed by atoms with Gasteiger partial charge < -0.3 is 0 Å². The first-order valence-corrected chi connectivity index (χ1v) is 18.3. The van der Waals surface area contributed by atoms with Crippen molar-refractivity contribution in [2.24, 2.45) is 0 Å². The highest BCUT2D eigenvalue weighted by atomic mass is 32.1. The van der Waals surface area contributed by atoms with Crippen LogP contribution in [-0.4, -0.2) is 0 Å². The van der Waals surface area contributed by atoms with Crippen LogP contribution in [0.5, 0.6) is 0 Å². The van der Waals surface area contributed by atoms with Gasteiger partial charge in [0.05, 0.1) is 0 Å². The molecule has 1 aliphatic rings. The monoisotopic (exact) mass is 652 g/mol. The molecule has 11 rings (SSSR count). The highest BCUT2D eigenvalue weighted by molar-refractivity contribution is 7.25. The number of benzene rings is 9. The van der Waals surface area contributed by atoms with Crippen LogP contribution >= 0.6 is 11.3 Å². The summed E-state index contributed by atoms with van der Waals surface area (Å²) in [5.74, 6) is 0. The maximum atomic E-state index is 2.48. The lowest BCUT2D eigenvalue weighted by molar-refractivity contribution is 0.661. The SMILES string of the molecule is CC1(C)c2ccc(-c3c4ccccc4c(-c4ccc5ccccc5c4)c4ccccc34)cc2-c2cc3cc4sc5ccccc5c4cc3cc21. The van der Waals surface area contributed by atoms with Gasteiger partial charge in [0.2, 0.25) is 0 Å². The molecule has 0 saturated heterocycles. The molecule has 0 amide bonds. The van der Waals surface area contributed by atoms with Gasteiger partial charge in [0, 0.05) is 25.6 Å². The molecule has 0 atom stereocenters. The highest BCUT2D eigenvalue weighted by Crippen LogP contribution is 2.53. The first-order valence-electron chi connectivity index (χ1n) is 17.5. The molecule has 0 bridgehead atoms. The molecular weight excluding hydrogens is 621 g/mol. The average molecular weight is 653 g/mol. The minimum Gasteiger partial charge on any atom is -0.135 e. The fourth-order valence-electron chi connectivity index (χ4n) is 8.97. The number of hydrogen-bond donors (Lipinski definition) is 0. The van der Waals surface area contributed by atoms with Crippen LogP contribution in [0.3, 0.4) is 0 Å². The average Bonchev–Trinajstić information content (AvgIpc) is 3.62. The molecule has 50 heavy (non-hydrogen) atoms. The molecule has 0 unspecified atom stereocenters. The van der Waals surface area contributed by atoms with E-state index in [9.17, 15) is 0 Å². The third kappa shape index (κ3) is 3.87. The van der Waals surface area contributed by atoms with Crippen LogP contribution < -0.4 is 0 Å². The molecule has 234 valence electrons. The van der Waals surface area contributed by atoms with Crippen molar-refractivity contribution < 1.29 is 0 Å². The van der Waals surface area contributed by atoms with Crippen LogP contribution in [0.25, 0.3) is 96.6 Å². The maximum absolute atomic E-state index is 2.48. The first-order chi connectivity index (χ1) is 24.5. The van der Waals surface area contributed by atoms with Crippen LogP contribution in [0.1, 0.15) is 25.0 Å². The van der Waals surface area contributed by atoms with Crippen molar-refractivity contribution >= 4 is 74.6 Å². The number of fused-ring (bicyclic) bond motifs is 10. The summed E-state index contributed by atoms with van der Waals surface area (Å²) in [5.41, 5.74) is 10.6. The summed E-state index contributed by atoms with van der Waals surface area (Å²) in [6, 6.07) is 59.4. The molecule has 1 heteroatoms. The molecule has 0 aliphatic heterocycles. The van der Waals surface area contributed by atoms with Crippen LogP contribution in [0.15, 0.2) is 158 Å². The van der Waals surface area contributed by atoms with E-state index in [1.165, 1.54) is 108 Å². The van der Waals surface area contributed by atoms with Gasteiger partial charge in [-0.1, -0.05) is 129 Å². The van der Waals surface area contributed by atoms with Crippen molar-refractivity contribution in [3.8, 4) is 33.4 Å². The summed E-state index contributed by atoms with van der Waals surface area (Å²) in [6.07, 6.45) is 0. The van der Waals surface area contributed by atoms with Gasteiger partial charge in [-0.3, -0.25) is 0 Å². The minimum atomic E-state index is -0.0901. The van der Waals surface area contributed by atoms with E-state index in [0.717, 1.165) is 0 Å². The maximum Gasteiger partial charge on any atom is 0.0361 e. The van der Waals surface area contributed by atoms with E-state index in [2.05, 4.69) is 172 Å². The lowest BCUT2D eigenvalue weighted by atomic mass is 9.81. The first kappa shape index (κ1) is 28.1. The van der Waals surface area contributed by atoms with Crippen molar-refractivity contribution in [1.82, 2.24) is 0 Å². The fourth-order valence-corrected chi connectivity index (χ4v) is 10.1. The normalized spacial score (nSPS) is 13.6. The Kier molecular flexibility index (Phi) is 5.70. The molecule has 1 aliphatic carbocycles. The summed E-state index contributed by atoms with van der Waals surface area (Å²) in [5, 5.41) is 13.0. The standard InChI is InChI=1S/C49H32S/c1-49(2)43-22-21-32(24-40(43)41-25-34-28-46-42(26-33(34)27-44(41)49)35-13-9-10-18-45(35)50-46)48-38-16-7-5-14-36(38)47(37-15-6-8-17-39(37)48)31-20-19-29-11-3-4-12-30(29)23-31/h3-28H,1-2H3. The Morgan fingerprint density at radius 3 is 1.64 bits per heavy atom. The zero-order valence-corrected chi connectivity index (χ0v) is 28.7. The third-order valence-corrected chi connectivity index (χ3v) is 12.5. The van der Waals surface area contributed by atoms with Crippen molar-refractivity contribution in [3.63, 3.8) is 0 Å². The van der Waals surface area contributed by atoms with E-state index < -0.39 is 0 Å². The van der Waals surface area contributed by atoms with E-state index in [4.69, 9.17) is 0 Å². The lowest BCUT2D eigenvalue weighted by Gasteiger charge is -2.22. The molecule has 0 fully saturated rings. The topological polar surface area (TPSA) is 0 Å². The summed E-state index contributed by atoms with van der Waals surface area (Å²) in [4.78, 5) is 0. The predicted molar refractivity (Wildman–Crippen MR) is 218 cm³/mol. The molecule has 0 nitrogen and oxygen atoms in total. The number of hydrogen-bond acceptors (Lipinski definition) is 1. The second-order valence-corrected chi connectivity index (χ2v) is 15.6. The lowest BCUT2D eigenvalue weighted by Crippen LogP contribution is -2.14. The molecule has 0 saturated carbocycles. The van der Waals surface area contributed by atoms with Gasteiger partial charge >= 0.3 is 0 Å².